The minimum atomic E-state index is -0.105. The molecule has 2 aromatic rings. The average Bonchev–Trinajstić information content (AvgIpc) is 2.37. The summed E-state index contributed by atoms with van der Waals surface area (Å²) in [4.78, 5) is 13.4. The average molecular weight is 243 g/mol. The molecule has 0 aliphatic rings. The number of aryl methyl sites for hydroxylation is 1. The molecule has 1 amide bonds. The van der Waals surface area contributed by atoms with Gasteiger partial charge >= 0.3 is 0 Å². The van der Waals surface area contributed by atoms with Crippen LogP contribution >= 0.6 is 0 Å². The van der Waals surface area contributed by atoms with Crippen molar-refractivity contribution < 1.29 is 9.90 Å². The summed E-state index contributed by atoms with van der Waals surface area (Å²) in [7, 11) is 3.40. The highest BCUT2D eigenvalue weighted by Crippen LogP contribution is 2.28. The quantitative estimate of drug-likeness (QED) is 0.881. The van der Waals surface area contributed by atoms with Crippen molar-refractivity contribution in [1.82, 2.24) is 4.90 Å². The molecule has 0 atom stereocenters. The second-order valence-corrected chi connectivity index (χ2v) is 4.60. The predicted molar refractivity (Wildman–Crippen MR) is 73.0 cm³/mol. The van der Waals surface area contributed by atoms with E-state index < -0.39 is 0 Å². The third-order valence-corrected chi connectivity index (χ3v) is 3.06. The van der Waals surface area contributed by atoms with Gasteiger partial charge in [-0.1, -0.05) is 19.1 Å². The number of hydrogen-bond acceptors (Lipinski definition) is 2. The Hall–Kier alpha value is -2.03. The van der Waals surface area contributed by atoms with E-state index in [4.69, 9.17) is 0 Å². The van der Waals surface area contributed by atoms with Crippen LogP contribution in [0.3, 0.4) is 0 Å². The lowest BCUT2D eigenvalue weighted by atomic mass is 10.0. The zero-order valence-electron chi connectivity index (χ0n) is 10.9. The van der Waals surface area contributed by atoms with Crippen molar-refractivity contribution >= 4 is 16.7 Å². The van der Waals surface area contributed by atoms with E-state index in [1.807, 2.05) is 24.3 Å². The van der Waals surface area contributed by atoms with Crippen LogP contribution in [0.25, 0.3) is 10.8 Å². The molecule has 1 N–H and O–H groups in total. The summed E-state index contributed by atoms with van der Waals surface area (Å²) >= 11 is 0. The number of nitrogens with zero attached hydrogens (tertiary/aromatic N) is 1. The van der Waals surface area contributed by atoms with E-state index in [0.29, 0.717) is 5.56 Å². The van der Waals surface area contributed by atoms with Crippen LogP contribution in [-0.2, 0) is 6.42 Å². The molecule has 0 spiro atoms. The first-order valence-electron chi connectivity index (χ1n) is 6.00. The summed E-state index contributed by atoms with van der Waals surface area (Å²) < 4.78 is 0. The number of carbonyl (C=O) groups excluding carboxylic acids is 1. The third-order valence-electron chi connectivity index (χ3n) is 3.06. The minimum Gasteiger partial charge on any atom is -0.507 e. The van der Waals surface area contributed by atoms with Crippen LogP contribution in [0.15, 0.2) is 30.3 Å². The number of amides is 1. The first-order valence-corrected chi connectivity index (χ1v) is 6.00. The molecular formula is C15H17NO2. The molecule has 0 saturated carbocycles. The van der Waals surface area contributed by atoms with E-state index in [-0.39, 0.29) is 11.7 Å². The number of hydrogen-bond donors (Lipinski definition) is 1. The number of rotatable bonds is 2. The first kappa shape index (κ1) is 12.4. The highest BCUT2D eigenvalue weighted by atomic mass is 16.3. The lowest BCUT2D eigenvalue weighted by Gasteiger charge is -2.12. The van der Waals surface area contributed by atoms with E-state index in [0.717, 1.165) is 17.2 Å². The zero-order chi connectivity index (χ0) is 13.3. The molecular weight excluding hydrogens is 226 g/mol. The van der Waals surface area contributed by atoms with Gasteiger partial charge in [0, 0.05) is 25.0 Å². The fourth-order valence-corrected chi connectivity index (χ4v) is 1.99. The molecule has 0 fully saturated rings. The van der Waals surface area contributed by atoms with Crippen molar-refractivity contribution in [2.24, 2.45) is 0 Å². The molecule has 0 aromatic heterocycles. The molecule has 0 radical (unpaired) electrons. The topological polar surface area (TPSA) is 40.5 Å². The molecule has 94 valence electrons. The van der Waals surface area contributed by atoms with Crippen LogP contribution in [0.5, 0.6) is 5.75 Å². The Morgan fingerprint density at radius 3 is 2.56 bits per heavy atom. The predicted octanol–water partition coefficient (Wildman–Crippen LogP) is 2.81. The Labute approximate surface area is 107 Å². The molecule has 0 saturated heterocycles. The smallest absolute Gasteiger partial charge is 0.253 e. The van der Waals surface area contributed by atoms with Crippen LogP contribution in [-0.4, -0.2) is 30.0 Å². The van der Waals surface area contributed by atoms with Crippen LogP contribution in [0.1, 0.15) is 22.8 Å². The van der Waals surface area contributed by atoms with E-state index >= 15 is 0 Å². The summed E-state index contributed by atoms with van der Waals surface area (Å²) in [5.41, 5.74) is 1.68. The van der Waals surface area contributed by atoms with Gasteiger partial charge in [0.25, 0.3) is 5.91 Å². The number of phenols is 1. The summed E-state index contributed by atoms with van der Waals surface area (Å²) in [5, 5.41) is 11.7. The van der Waals surface area contributed by atoms with Crippen molar-refractivity contribution in [3.63, 3.8) is 0 Å². The molecule has 0 aliphatic carbocycles. The lowest BCUT2D eigenvalue weighted by molar-refractivity contribution is 0.0827. The van der Waals surface area contributed by atoms with Gasteiger partial charge in [-0.05, 0) is 35.6 Å². The summed E-state index contributed by atoms with van der Waals surface area (Å²) in [6.45, 7) is 2.07. The van der Waals surface area contributed by atoms with Gasteiger partial charge in [0.1, 0.15) is 5.75 Å². The maximum Gasteiger partial charge on any atom is 0.253 e. The van der Waals surface area contributed by atoms with Crippen molar-refractivity contribution in [3.05, 3.63) is 41.5 Å². The lowest BCUT2D eigenvalue weighted by Crippen LogP contribution is -2.21. The first-order chi connectivity index (χ1) is 8.52. The van der Waals surface area contributed by atoms with Gasteiger partial charge in [-0.25, -0.2) is 0 Å². The summed E-state index contributed by atoms with van der Waals surface area (Å²) in [6, 6.07) is 9.28. The van der Waals surface area contributed by atoms with Crippen molar-refractivity contribution in [1.29, 1.82) is 0 Å². The van der Waals surface area contributed by atoms with E-state index in [2.05, 4.69) is 6.92 Å². The fourth-order valence-electron chi connectivity index (χ4n) is 1.99. The van der Waals surface area contributed by atoms with E-state index in [9.17, 15) is 9.90 Å². The van der Waals surface area contributed by atoms with Gasteiger partial charge in [0.2, 0.25) is 0 Å². The second kappa shape index (κ2) is 4.69. The van der Waals surface area contributed by atoms with Gasteiger partial charge < -0.3 is 10.0 Å². The molecule has 3 nitrogen and oxygen atoms in total. The van der Waals surface area contributed by atoms with Crippen molar-refractivity contribution in [3.8, 4) is 5.75 Å². The SMILES string of the molecule is CCc1ccc2cc(C(=O)N(C)C)cc(O)c2c1. The van der Waals surface area contributed by atoms with Crippen LogP contribution in [0.2, 0.25) is 0 Å². The standard InChI is InChI=1S/C15H17NO2/c1-4-10-5-6-11-8-12(15(18)16(2)3)9-14(17)13(11)7-10/h5-9,17H,4H2,1-3H3. The molecule has 18 heavy (non-hydrogen) atoms. The zero-order valence-corrected chi connectivity index (χ0v) is 10.9. The summed E-state index contributed by atoms with van der Waals surface area (Å²) in [5.74, 6) is 0.0553. The molecule has 0 bridgehead atoms. The van der Waals surface area contributed by atoms with Gasteiger partial charge in [-0.15, -0.1) is 0 Å². The summed E-state index contributed by atoms with van der Waals surface area (Å²) in [6.07, 6.45) is 0.924. The maximum atomic E-state index is 11.9. The fraction of sp³-hybridized carbons (Fsp3) is 0.267. The monoisotopic (exact) mass is 243 g/mol. The van der Waals surface area contributed by atoms with Gasteiger partial charge in [0.05, 0.1) is 0 Å². The molecule has 0 aliphatic heterocycles. The normalized spacial score (nSPS) is 10.6. The Kier molecular flexibility index (Phi) is 3.24. The van der Waals surface area contributed by atoms with E-state index in [1.165, 1.54) is 16.5 Å². The Morgan fingerprint density at radius 1 is 1.22 bits per heavy atom. The molecule has 0 unspecified atom stereocenters. The number of aromatic hydroxyl groups is 1. The van der Waals surface area contributed by atoms with Gasteiger partial charge in [-0.2, -0.15) is 0 Å². The number of benzene rings is 2. The van der Waals surface area contributed by atoms with Crippen molar-refractivity contribution in [2.45, 2.75) is 13.3 Å². The van der Waals surface area contributed by atoms with Crippen LogP contribution in [0.4, 0.5) is 0 Å². The van der Waals surface area contributed by atoms with E-state index in [1.54, 1.807) is 14.1 Å². The molecule has 2 aromatic carbocycles. The highest BCUT2D eigenvalue weighted by Gasteiger charge is 2.11. The molecule has 3 heteroatoms. The van der Waals surface area contributed by atoms with Crippen LogP contribution < -0.4 is 0 Å². The third kappa shape index (κ3) is 2.16. The molecule has 0 heterocycles. The van der Waals surface area contributed by atoms with Gasteiger partial charge in [0.15, 0.2) is 0 Å². The second-order valence-electron chi connectivity index (χ2n) is 4.60. The molecule has 2 rings (SSSR count). The maximum absolute atomic E-state index is 11.9. The highest BCUT2D eigenvalue weighted by molar-refractivity contribution is 6.00. The van der Waals surface area contributed by atoms with Crippen molar-refractivity contribution in [2.75, 3.05) is 14.1 Å². The Balaban J connectivity index is 2.60. The Morgan fingerprint density at radius 2 is 1.94 bits per heavy atom. The largest absolute Gasteiger partial charge is 0.507 e. The number of phenolic OH excluding ortho intramolecular Hbond substituents is 1. The Bertz CT molecular complexity index is 603. The van der Waals surface area contributed by atoms with Gasteiger partial charge in [-0.3, -0.25) is 4.79 Å². The minimum absolute atomic E-state index is 0.105. The number of fused-ring (bicyclic) bond motifs is 1. The van der Waals surface area contributed by atoms with Crippen LogP contribution in [0, 0.1) is 0 Å². The number of carbonyl (C=O) groups is 1.